The summed E-state index contributed by atoms with van der Waals surface area (Å²) in [6.45, 7) is 10.1. The Balaban J connectivity index is 0.00000385. The van der Waals surface area contributed by atoms with Crippen LogP contribution < -0.4 is 21.5 Å². The highest BCUT2D eigenvalue weighted by Gasteiger charge is 2.20. The van der Waals surface area contributed by atoms with Gasteiger partial charge in [0.25, 0.3) is 11.5 Å². The van der Waals surface area contributed by atoms with Crippen molar-refractivity contribution in [3.63, 3.8) is 0 Å². The number of carbonyl (C=O) groups is 2. The second-order valence-electron chi connectivity index (χ2n) is 9.12. The fraction of sp³-hybridized carbons (Fsp3) is 0.480. The molecule has 0 aliphatic carbocycles. The Morgan fingerprint density at radius 1 is 1.15 bits per heavy atom. The van der Waals surface area contributed by atoms with Gasteiger partial charge in [-0.3, -0.25) is 14.4 Å². The van der Waals surface area contributed by atoms with E-state index in [4.69, 9.17) is 0 Å². The highest BCUT2D eigenvalue weighted by Crippen LogP contribution is 2.24. The maximum atomic E-state index is 13.1. The number of pyridine rings is 1. The van der Waals surface area contributed by atoms with Gasteiger partial charge in [0.2, 0.25) is 5.91 Å². The smallest absolute Gasteiger partial charge is 0.263 e. The van der Waals surface area contributed by atoms with Crippen LogP contribution in [-0.4, -0.2) is 29.5 Å². The molecule has 3 N–H and O–H groups in total. The van der Waals surface area contributed by atoms with E-state index in [0.29, 0.717) is 35.8 Å². The van der Waals surface area contributed by atoms with Crippen LogP contribution in [0.15, 0.2) is 35.3 Å². The molecule has 2 aromatic rings. The van der Waals surface area contributed by atoms with E-state index in [0.717, 1.165) is 31.5 Å². The highest BCUT2D eigenvalue weighted by molar-refractivity contribution is 6.06. The van der Waals surface area contributed by atoms with E-state index in [1.54, 1.807) is 29.8 Å². The topological polar surface area (TPSA) is 92.2 Å². The van der Waals surface area contributed by atoms with Gasteiger partial charge in [-0.05, 0) is 80.9 Å². The van der Waals surface area contributed by atoms with Crippen molar-refractivity contribution in [1.82, 2.24) is 9.88 Å². The first-order valence-corrected chi connectivity index (χ1v) is 11.4. The molecule has 1 aliphatic rings. The molecule has 180 valence electrons. The number of aromatic nitrogens is 1. The second-order valence-corrected chi connectivity index (χ2v) is 9.12. The molecule has 1 aromatic carbocycles. The molecule has 1 unspecified atom stereocenters. The van der Waals surface area contributed by atoms with Crippen LogP contribution in [0.3, 0.4) is 0 Å². The highest BCUT2D eigenvalue weighted by atomic mass is 35.5. The van der Waals surface area contributed by atoms with Gasteiger partial charge in [0.05, 0.1) is 0 Å². The second kappa shape index (κ2) is 12.0. The summed E-state index contributed by atoms with van der Waals surface area (Å²) < 4.78 is 1.65. The largest absolute Gasteiger partial charge is 0.326 e. The normalized spacial score (nSPS) is 15.6. The molecule has 0 radical (unpaired) electrons. The van der Waals surface area contributed by atoms with Crippen molar-refractivity contribution >= 4 is 35.6 Å². The van der Waals surface area contributed by atoms with E-state index < -0.39 is 5.91 Å². The molecule has 3 rings (SSSR count). The average Bonchev–Trinajstić information content (AvgIpc) is 2.73. The molecule has 1 atom stereocenters. The van der Waals surface area contributed by atoms with E-state index in [-0.39, 0.29) is 35.4 Å². The van der Waals surface area contributed by atoms with Crippen molar-refractivity contribution in [2.45, 2.75) is 53.5 Å². The molecule has 0 spiro atoms. The molecule has 2 heterocycles. The third kappa shape index (κ3) is 6.92. The Hall–Kier alpha value is -2.64. The number of benzene rings is 1. The lowest BCUT2D eigenvalue weighted by Gasteiger charge is -2.23. The average molecular weight is 475 g/mol. The lowest BCUT2D eigenvalue weighted by molar-refractivity contribution is -0.116. The molecule has 0 bridgehead atoms. The summed E-state index contributed by atoms with van der Waals surface area (Å²) in [5.41, 5.74) is 2.50. The van der Waals surface area contributed by atoms with E-state index in [9.17, 15) is 14.4 Å². The van der Waals surface area contributed by atoms with Gasteiger partial charge in [-0.15, -0.1) is 12.4 Å². The number of rotatable bonds is 7. The summed E-state index contributed by atoms with van der Waals surface area (Å²) in [7, 11) is 0. The zero-order valence-corrected chi connectivity index (χ0v) is 20.7. The minimum absolute atomic E-state index is 0. The zero-order valence-electron chi connectivity index (χ0n) is 19.9. The first-order chi connectivity index (χ1) is 15.3. The number of hydrogen-bond acceptors (Lipinski definition) is 4. The minimum Gasteiger partial charge on any atom is -0.326 e. The molecule has 2 amide bonds. The lowest BCUT2D eigenvalue weighted by atomic mass is 9.99. The third-order valence-corrected chi connectivity index (χ3v) is 5.90. The molecular weight excluding hydrogens is 440 g/mol. The van der Waals surface area contributed by atoms with Gasteiger partial charge >= 0.3 is 0 Å². The number of nitrogens with zero attached hydrogens (tertiary/aromatic N) is 1. The van der Waals surface area contributed by atoms with E-state index in [1.807, 2.05) is 32.9 Å². The molecule has 7 nitrogen and oxygen atoms in total. The SMILES string of the molecule is Cc1ccn(CC2CCCNC2)c(=O)c1C(=O)Nc1cccc(NC(=O)CC(C)C)c1C.Cl. The van der Waals surface area contributed by atoms with Gasteiger partial charge in [-0.25, -0.2) is 0 Å². The van der Waals surface area contributed by atoms with Crippen molar-refractivity contribution in [1.29, 1.82) is 0 Å². The molecule has 0 saturated carbocycles. The Labute approximate surface area is 201 Å². The van der Waals surface area contributed by atoms with Crippen LogP contribution in [0.5, 0.6) is 0 Å². The Kier molecular flexibility index (Phi) is 9.68. The van der Waals surface area contributed by atoms with E-state index in [1.165, 1.54) is 0 Å². The summed E-state index contributed by atoms with van der Waals surface area (Å²) in [4.78, 5) is 38.4. The van der Waals surface area contributed by atoms with Crippen LogP contribution in [0.2, 0.25) is 0 Å². The van der Waals surface area contributed by atoms with E-state index >= 15 is 0 Å². The van der Waals surface area contributed by atoms with Crippen LogP contribution >= 0.6 is 12.4 Å². The number of amides is 2. The Bertz CT molecular complexity index is 1040. The van der Waals surface area contributed by atoms with Crippen molar-refractivity contribution in [3.05, 3.63) is 57.5 Å². The Morgan fingerprint density at radius 2 is 1.85 bits per heavy atom. The number of aryl methyl sites for hydroxylation is 1. The summed E-state index contributed by atoms with van der Waals surface area (Å²) in [6.07, 6.45) is 4.37. The van der Waals surface area contributed by atoms with Crippen LogP contribution in [0.4, 0.5) is 11.4 Å². The molecule has 1 aromatic heterocycles. The first kappa shape index (κ1) is 26.6. The maximum Gasteiger partial charge on any atom is 0.263 e. The molecular formula is C25H35ClN4O3. The van der Waals surface area contributed by atoms with E-state index in [2.05, 4.69) is 16.0 Å². The number of piperidine rings is 1. The fourth-order valence-electron chi connectivity index (χ4n) is 4.11. The summed E-state index contributed by atoms with van der Waals surface area (Å²) >= 11 is 0. The monoisotopic (exact) mass is 474 g/mol. The van der Waals surface area contributed by atoms with Crippen molar-refractivity contribution in [2.24, 2.45) is 11.8 Å². The predicted molar refractivity (Wildman–Crippen MR) is 135 cm³/mol. The predicted octanol–water partition coefficient (Wildman–Crippen LogP) is 4.12. The summed E-state index contributed by atoms with van der Waals surface area (Å²) in [6, 6.07) is 7.18. The number of carbonyl (C=O) groups excluding carboxylic acids is 2. The number of hydrogen-bond donors (Lipinski definition) is 3. The van der Waals surface area contributed by atoms with Gasteiger partial charge in [-0.1, -0.05) is 19.9 Å². The molecule has 33 heavy (non-hydrogen) atoms. The number of nitrogens with one attached hydrogen (secondary N) is 3. The molecule has 1 aliphatic heterocycles. The summed E-state index contributed by atoms with van der Waals surface area (Å²) in [5.74, 6) is 0.141. The van der Waals surface area contributed by atoms with Crippen molar-refractivity contribution in [3.8, 4) is 0 Å². The van der Waals surface area contributed by atoms with Crippen LogP contribution in [0.25, 0.3) is 0 Å². The van der Waals surface area contributed by atoms with Crippen molar-refractivity contribution in [2.75, 3.05) is 23.7 Å². The molecule has 1 fully saturated rings. The fourth-order valence-corrected chi connectivity index (χ4v) is 4.11. The summed E-state index contributed by atoms with van der Waals surface area (Å²) in [5, 5.41) is 9.15. The lowest BCUT2D eigenvalue weighted by Crippen LogP contribution is -2.36. The Morgan fingerprint density at radius 3 is 2.48 bits per heavy atom. The number of halogens is 1. The van der Waals surface area contributed by atoms with Gasteiger partial charge in [0.15, 0.2) is 0 Å². The van der Waals surface area contributed by atoms with Crippen LogP contribution in [0.1, 0.15) is 54.6 Å². The van der Waals surface area contributed by atoms with Crippen LogP contribution in [-0.2, 0) is 11.3 Å². The maximum absolute atomic E-state index is 13.1. The van der Waals surface area contributed by atoms with Gasteiger partial charge in [0, 0.05) is 30.5 Å². The van der Waals surface area contributed by atoms with Gasteiger partial charge < -0.3 is 20.5 Å². The zero-order chi connectivity index (χ0) is 23.3. The molecule has 1 saturated heterocycles. The first-order valence-electron chi connectivity index (χ1n) is 11.4. The van der Waals surface area contributed by atoms with Gasteiger partial charge in [-0.2, -0.15) is 0 Å². The molecule has 8 heteroatoms. The van der Waals surface area contributed by atoms with Crippen molar-refractivity contribution < 1.29 is 9.59 Å². The minimum atomic E-state index is -0.433. The third-order valence-electron chi connectivity index (χ3n) is 5.90. The standard InChI is InChI=1S/C25H34N4O3.ClH/c1-16(2)13-22(30)27-20-8-5-9-21(18(20)4)28-24(31)23-17(3)10-12-29(25(23)32)15-19-7-6-11-26-14-19;/h5,8-10,12,16,19,26H,6-7,11,13-15H2,1-4H3,(H,27,30)(H,28,31);1H. The van der Waals surface area contributed by atoms with Gasteiger partial charge in [0.1, 0.15) is 5.56 Å². The quantitative estimate of drug-likeness (QED) is 0.562. The number of anilines is 2. The van der Waals surface area contributed by atoms with Crippen LogP contribution in [0, 0.1) is 25.7 Å².